The third-order valence-corrected chi connectivity index (χ3v) is 5.25. The number of hydrogen-bond donors (Lipinski definition) is 2. The summed E-state index contributed by atoms with van der Waals surface area (Å²) in [5.41, 5.74) is 4.84. The van der Waals surface area contributed by atoms with Gasteiger partial charge in [-0.15, -0.1) is 0 Å². The Balaban J connectivity index is 1.58. The average molecular weight is 354 g/mol. The Morgan fingerprint density at radius 1 is 1.38 bits per heavy atom. The highest BCUT2D eigenvalue weighted by molar-refractivity contribution is 6.01. The van der Waals surface area contributed by atoms with Gasteiger partial charge in [-0.2, -0.15) is 5.10 Å². The minimum atomic E-state index is -0.508. The first-order valence-corrected chi connectivity index (χ1v) is 8.84. The summed E-state index contributed by atoms with van der Waals surface area (Å²) in [4.78, 5) is 26.8. The van der Waals surface area contributed by atoms with E-state index in [0.717, 1.165) is 30.5 Å². The van der Waals surface area contributed by atoms with Gasteiger partial charge < -0.3 is 15.0 Å². The molecule has 0 spiro atoms. The van der Waals surface area contributed by atoms with Crippen LogP contribution in [0.5, 0.6) is 5.75 Å². The molecule has 2 aromatic rings. The number of ether oxygens (including phenoxy) is 1. The number of aromatic nitrogens is 2. The predicted molar refractivity (Wildman–Crippen MR) is 96.1 cm³/mol. The van der Waals surface area contributed by atoms with Gasteiger partial charge in [-0.1, -0.05) is 0 Å². The highest BCUT2D eigenvalue weighted by atomic mass is 16.5. The quantitative estimate of drug-likeness (QED) is 0.879. The molecule has 2 heterocycles. The smallest absolute Gasteiger partial charge is 0.230 e. The first kappa shape index (κ1) is 16.6. The lowest BCUT2D eigenvalue weighted by molar-refractivity contribution is -0.134. The minimum Gasteiger partial charge on any atom is -0.497 e. The van der Waals surface area contributed by atoms with Crippen molar-refractivity contribution in [2.75, 3.05) is 19.5 Å². The highest BCUT2D eigenvalue weighted by Gasteiger charge is 2.33. The summed E-state index contributed by atoms with van der Waals surface area (Å²) in [6, 6.07) is 5.40. The van der Waals surface area contributed by atoms with Crippen LogP contribution in [0.25, 0.3) is 0 Å². The number of anilines is 1. The Labute approximate surface area is 151 Å². The van der Waals surface area contributed by atoms with Crippen molar-refractivity contribution in [3.05, 3.63) is 40.7 Å². The van der Waals surface area contributed by atoms with Gasteiger partial charge in [0.15, 0.2) is 0 Å². The number of methoxy groups -OCH3 is 1. The van der Waals surface area contributed by atoms with E-state index in [2.05, 4.69) is 15.5 Å². The summed E-state index contributed by atoms with van der Waals surface area (Å²) < 4.78 is 5.28. The van der Waals surface area contributed by atoms with Crippen molar-refractivity contribution in [3.63, 3.8) is 0 Å². The van der Waals surface area contributed by atoms with Crippen molar-refractivity contribution in [2.24, 2.45) is 0 Å². The van der Waals surface area contributed by atoms with Gasteiger partial charge in [-0.05, 0) is 48.6 Å². The van der Waals surface area contributed by atoms with Gasteiger partial charge in [0.05, 0.1) is 25.3 Å². The van der Waals surface area contributed by atoms with E-state index in [1.165, 1.54) is 11.3 Å². The molecule has 26 heavy (non-hydrogen) atoms. The maximum absolute atomic E-state index is 13.1. The summed E-state index contributed by atoms with van der Waals surface area (Å²) in [6.45, 7) is 0.447. The van der Waals surface area contributed by atoms with Crippen LogP contribution in [0.1, 0.15) is 41.3 Å². The molecule has 7 heteroatoms. The molecule has 0 radical (unpaired) electrons. The van der Waals surface area contributed by atoms with Gasteiger partial charge in [0.2, 0.25) is 11.8 Å². The number of hydrogen-bond acceptors (Lipinski definition) is 4. The fraction of sp³-hybridized carbons (Fsp3) is 0.421. The number of aromatic amines is 1. The van der Waals surface area contributed by atoms with Gasteiger partial charge >= 0.3 is 0 Å². The second-order valence-electron chi connectivity index (χ2n) is 6.93. The van der Waals surface area contributed by atoms with Gasteiger partial charge in [0, 0.05) is 24.8 Å². The molecule has 7 nitrogen and oxygen atoms in total. The van der Waals surface area contributed by atoms with Gasteiger partial charge in [0.1, 0.15) is 5.75 Å². The summed E-state index contributed by atoms with van der Waals surface area (Å²) in [6.07, 6.45) is 3.30. The van der Waals surface area contributed by atoms with E-state index in [1.807, 2.05) is 6.07 Å². The van der Waals surface area contributed by atoms with E-state index < -0.39 is 5.92 Å². The number of carbonyl (C=O) groups excluding carboxylic acids is 2. The summed E-state index contributed by atoms with van der Waals surface area (Å²) in [5, 5.41) is 10.3. The van der Waals surface area contributed by atoms with E-state index in [0.29, 0.717) is 18.0 Å². The molecule has 1 aromatic heterocycles. The zero-order valence-corrected chi connectivity index (χ0v) is 15.0. The third-order valence-electron chi connectivity index (χ3n) is 5.25. The molecule has 1 aromatic carbocycles. The van der Waals surface area contributed by atoms with E-state index in [4.69, 9.17) is 4.74 Å². The Kier molecular flexibility index (Phi) is 4.14. The maximum Gasteiger partial charge on any atom is 0.230 e. The first-order chi connectivity index (χ1) is 12.6. The molecule has 0 bridgehead atoms. The second-order valence-corrected chi connectivity index (χ2v) is 6.93. The number of nitrogens with one attached hydrogen (secondary N) is 2. The molecule has 136 valence electrons. The monoisotopic (exact) mass is 354 g/mol. The molecule has 1 aliphatic heterocycles. The number of fused-ring (bicyclic) bond motifs is 2. The minimum absolute atomic E-state index is 0.0795. The molecule has 2 N–H and O–H groups in total. The van der Waals surface area contributed by atoms with Crippen molar-refractivity contribution in [3.8, 4) is 5.75 Å². The molecule has 2 aliphatic rings. The van der Waals surface area contributed by atoms with E-state index >= 15 is 0 Å². The highest BCUT2D eigenvalue weighted by Crippen LogP contribution is 2.36. The van der Waals surface area contributed by atoms with E-state index in [-0.39, 0.29) is 18.2 Å². The number of benzene rings is 1. The predicted octanol–water partition coefficient (Wildman–Crippen LogP) is 1.99. The second kappa shape index (κ2) is 6.48. The third kappa shape index (κ3) is 2.83. The molecule has 2 amide bonds. The Hall–Kier alpha value is -2.83. The number of rotatable bonds is 4. The summed E-state index contributed by atoms with van der Waals surface area (Å²) in [7, 11) is 3.36. The molecule has 0 saturated carbocycles. The van der Waals surface area contributed by atoms with E-state index in [1.54, 1.807) is 31.2 Å². The van der Waals surface area contributed by atoms with Crippen LogP contribution in [0.3, 0.4) is 0 Å². The zero-order valence-electron chi connectivity index (χ0n) is 15.0. The number of likely N-dealkylation sites (N-methyl/N-ethyl adjacent to an activating group) is 1. The first-order valence-electron chi connectivity index (χ1n) is 8.84. The van der Waals surface area contributed by atoms with Gasteiger partial charge in [0.25, 0.3) is 0 Å². The van der Waals surface area contributed by atoms with Crippen molar-refractivity contribution < 1.29 is 14.3 Å². The topological polar surface area (TPSA) is 87.3 Å². The number of nitrogens with zero attached hydrogens (tertiary/aromatic N) is 2. The van der Waals surface area contributed by atoms with Gasteiger partial charge in [-0.3, -0.25) is 14.7 Å². The molecule has 0 fully saturated rings. The number of carbonyl (C=O) groups is 2. The summed E-state index contributed by atoms with van der Waals surface area (Å²) >= 11 is 0. The zero-order chi connectivity index (χ0) is 18.3. The van der Waals surface area contributed by atoms with Crippen LogP contribution < -0.4 is 10.1 Å². The molecule has 1 unspecified atom stereocenters. The van der Waals surface area contributed by atoms with Crippen molar-refractivity contribution in [1.29, 1.82) is 0 Å². The number of amides is 2. The largest absolute Gasteiger partial charge is 0.497 e. The van der Waals surface area contributed by atoms with Crippen molar-refractivity contribution in [1.82, 2.24) is 15.1 Å². The maximum atomic E-state index is 13.1. The van der Waals surface area contributed by atoms with Crippen molar-refractivity contribution >= 4 is 17.5 Å². The molecule has 1 atom stereocenters. The molecule has 1 aliphatic carbocycles. The lowest BCUT2D eigenvalue weighted by Gasteiger charge is -2.28. The van der Waals surface area contributed by atoms with Crippen molar-refractivity contribution in [2.45, 2.75) is 38.1 Å². The molecule has 0 saturated heterocycles. The average Bonchev–Trinajstić information content (AvgIpc) is 3.25. The van der Waals surface area contributed by atoms with Crippen LogP contribution in [0, 0.1) is 0 Å². The fourth-order valence-electron chi connectivity index (χ4n) is 3.87. The fourth-order valence-corrected chi connectivity index (χ4v) is 3.87. The van der Waals surface area contributed by atoms with Crippen LogP contribution in [0.15, 0.2) is 18.2 Å². The van der Waals surface area contributed by atoms with Crippen LogP contribution >= 0.6 is 0 Å². The molecule has 4 rings (SSSR count). The van der Waals surface area contributed by atoms with Crippen LogP contribution in [-0.2, 0) is 29.0 Å². The van der Waals surface area contributed by atoms with Crippen LogP contribution in [0.4, 0.5) is 5.69 Å². The Morgan fingerprint density at radius 3 is 3.04 bits per heavy atom. The lowest BCUT2D eigenvalue weighted by atomic mass is 9.89. The Morgan fingerprint density at radius 2 is 2.23 bits per heavy atom. The Bertz CT molecular complexity index is 874. The number of H-pyrrole nitrogens is 1. The summed E-state index contributed by atoms with van der Waals surface area (Å²) in [5.74, 6) is -0.0597. The number of aryl methyl sites for hydroxylation is 1. The normalized spacial score (nSPS) is 18.1. The molecular weight excluding hydrogens is 332 g/mol. The SMILES string of the molecule is COc1ccc2c(c1)C(C(=O)N(C)Cc1n[nH]c3c1CCC3)CC(=O)N2. The van der Waals surface area contributed by atoms with Crippen LogP contribution in [-0.4, -0.2) is 41.1 Å². The standard InChI is InChI=1S/C19H22N4O3/c1-23(10-17-12-4-3-5-16(12)21-22-17)19(25)14-9-18(24)20-15-7-6-11(26-2)8-13(14)15/h6-8,14H,3-5,9-10H2,1-2H3,(H,20,24)(H,21,22). The lowest BCUT2D eigenvalue weighted by Crippen LogP contribution is -2.36. The molecular formula is C19H22N4O3. The van der Waals surface area contributed by atoms with Gasteiger partial charge in [-0.25, -0.2) is 0 Å². The van der Waals surface area contributed by atoms with E-state index in [9.17, 15) is 9.59 Å². The van der Waals surface area contributed by atoms with Crippen LogP contribution in [0.2, 0.25) is 0 Å².